The van der Waals surface area contributed by atoms with Crippen LogP contribution in [0.4, 0.5) is 0 Å². The molecule has 0 radical (unpaired) electrons. The molecule has 2 N–H and O–H groups in total. The predicted octanol–water partition coefficient (Wildman–Crippen LogP) is -0.808. The Morgan fingerprint density at radius 3 is 2.60 bits per heavy atom. The van der Waals surface area contributed by atoms with Crippen molar-refractivity contribution in [1.29, 1.82) is 0 Å². The topological polar surface area (TPSA) is 75.6 Å². The van der Waals surface area contributed by atoms with Crippen LogP contribution < -0.4 is 5.32 Å². The largest absolute Gasteiger partial charge is 0.390 e. The molecule has 92 valence electrons. The van der Waals surface area contributed by atoms with E-state index in [2.05, 4.69) is 5.32 Å². The van der Waals surface area contributed by atoms with Gasteiger partial charge in [-0.1, -0.05) is 0 Å². The van der Waals surface area contributed by atoms with E-state index < -0.39 is 15.9 Å². The number of sulfone groups is 1. The Labute approximate surface area is 96.5 Å². The van der Waals surface area contributed by atoms with Crippen molar-refractivity contribution in [2.75, 3.05) is 31.8 Å². The minimum atomic E-state index is -3.03. The van der Waals surface area contributed by atoms with E-state index in [9.17, 15) is 13.5 Å². The van der Waals surface area contributed by atoms with Crippen LogP contribution in [-0.2, 0) is 14.6 Å². The lowest BCUT2D eigenvalue weighted by molar-refractivity contribution is 0.159. The molecule has 2 atom stereocenters. The maximum absolute atomic E-state index is 11.1. The third kappa shape index (κ3) is 5.12. The van der Waals surface area contributed by atoms with Crippen LogP contribution in [-0.4, -0.2) is 57.4 Å². The number of rotatable bonds is 5. The zero-order valence-electron chi connectivity index (χ0n) is 8.68. The van der Waals surface area contributed by atoms with Crippen LogP contribution in [0.1, 0.15) is 6.42 Å². The molecule has 2 unspecified atom stereocenters. The van der Waals surface area contributed by atoms with E-state index in [0.717, 1.165) is 6.42 Å². The van der Waals surface area contributed by atoms with Gasteiger partial charge in [0, 0.05) is 19.8 Å². The van der Waals surface area contributed by atoms with Gasteiger partial charge in [-0.3, -0.25) is 0 Å². The van der Waals surface area contributed by atoms with Crippen LogP contribution in [0.15, 0.2) is 0 Å². The number of aliphatic hydroxyl groups excluding tert-OH is 1. The number of methoxy groups -OCH3 is 1. The van der Waals surface area contributed by atoms with Crippen molar-refractivity contribution in [3.05, 3.63) is 0 Å². The Hall–Kier alpha value is 0.120. The summed E-state index contributed by atoms with van der Waals surface area (Å²) in [6.07, 6.45) is 0.0577. The second-order valence-electron chi connectivity index (χ2n) is 3.55. The van der Waals surface area contributed by atoms with Crippen molar-refractivity contribution in [2.24, 2.45) is 0 Å². The lowest BCUT2D eigenvalue weighted by Gasteiger charge is -2.14. The van der Waals surface area contributed by atoms with E-state index in [0.29, 0.717) is 13.2 Å². The molecule has 0 amide bonds. The highest BCUT2D eigenvalue weighted by Gasteiger charge is 2.35. The quantitative estimate of drug-likeness (QED) is 0.632. The molecule has 7 heteroatoms. The molecule has 1 fully saturated rings. The van der Waals surface area contributed by atoms with E-state index in [-0.39, 0.29) is 30.0 Å². The Balaban J connectivity index is 0.00000196. The summed E-state index contributed by atoms with van der Waals surface area (Å²) in [5, 5.41) is 12.4. The maximum Gasteiger partial charge on any atom is 0.154 e. The molecule has 0 spiro atoms. The molecule has 5 nitrogen and oxygen atoms in total. The zero-order chi connectivity index (χ0) is 10.6. The highest BCUT2D eigenvalue weighted by atomic mass is 35.5. The molecule has 1 heterocycles. The van der Waals surface area contributed by atoms with Gasteiger partial charge < -0.3 is 15.2 Å². The van der Waals surface area contributed by atoms with Crippen molar-refractivity contribution in [3.8, 4) is 0 Å². The highest BCUT2D eigenvalue weighted by molar-refractivity contribution is 7.91. The van der Waals surface area contributed by atoms with Gasteiger partial charge in [-0.25, -0.2) is 8.42 Å². The van der Waals surface area contributed by atoms with Crippen LogP contribution in [0, 0.1) is 0 Å². The molecular weight excluding hydrogens is 242 g/mol. The first-order valence-electron chi connectivity index (χ1n) is 4.66. The van der Waals surface area contributed by atoms with Gasteiger partial charge in [0.1, 0.15) is 0 Å². The van der Waals surface area contributed by atoms with Crippen LogP contribution >= 0.6 is 12.4 Å². The van der Waals surface area contributed by atoms with E-state index in [1.54, 1.807) is 7.11 Å². The number of hydrogen-bond acceptors (Lipinski definition) is 5. The SMILES string of the molecule is COCCCNC1CS(=O)(=O)CC1O.Cl. The van der Waals surface area contributed by atoms with Gasteiger partial charge in [0.15, 0.2) is 9.84 Å². The van der Waals surface area contributed by atoms with Gasteiger partial charge in [0.05, 0.1) is 17.6 Å². The summed E-state index contributed by atoms with van der Waals surface area (Å²) in [5.74, 6) is -0.0733. The molecule has 0 bridgehead atoms. The normalized spacial score (nSPS) is 28.7. The predicted molar refractivity (Wildman–Crippen MR) is 60.2 cm³/mol. The number of halogens is 1. The summed E-state index contributed by atoms with van der Waals surface area (Å²) in [6, 6.07) is -0.308. The summed E-state index contributed by atoms with van der Waals surface area (Å²) < 4.78 is 27.1. The fraction of sp³-hybridized carbons (Fsp3) is 1.00. The lowest BCUT2D eigenvalue weighted by atomic mass is 10.2. The van der Waals surface area contributed by atoms with Crippen LogP contribution in [0.25, 0.3) is 0 Å². The summed E-state index contributed by atoms with van der Waals surface area (Å²) in [4.78, 5) is 0. The first kappa shape index (κ1) is 15.1. The van der Waals surface area contributed by atoms with Gasteiger partial charge in [-0.2, -0.15) is 0 Å². The number of aliphatic hydroxyl groups is 1. The van der Waals surface area contributed by atoms with Gasteiger partial charge in [0.2, 0.25) is 0 Å². The maximum atomic E-state index is 11.1. The number of hydrogen-bond donors (Lipinski definition) is 2. The Bertz CT molecular complexity index is 270. The summed E-state index contributed by atoms with van der Waals surface area (Å²) in [5.41, 5.74) is 0. The monoisotopic (exact) mass is 259 g/mol. The van der Waals surface area contributed by atoms with Crippen LogP contribution in [0.5, 0.6) is 0 Å². The van der Waals surface area contributed by atoms with E-state index in [1.165, 1.54) is 0 Å². The molecule has 0 aromatic heterocycles. The van der Waals surface area contributed by atoms with Crippen molar-refractivity contribution >= 4 is 22.2 Å². The Kier molecular flexibility index (Phi) is 6.70. The smallest absolute Gasteiger partial charge is 0.154 e. The van der Waals surface area contributed by atoms with Crippen molar-refractivity contribution in [2.45, 2.75) is 18.6 Å². The molecule has 15 heavy (non-hydrogen) atoms. The van der Waals surface area contributed by atoms with Crippen LogP contribution in [0.3, 0.4) is 0 Å². The number of ether oxygens (including phenoxy) is 1. The van der Waals surface area contributed by atoms with Gasteiger partial charge in [-0.05, 0) is 13.0 Å². The van der Waals surface area contributed by atoms with Gasteiger partial charge in [0.25, 0.3) is 0 Å². The summed E-state index contributed by atoms with van der Waals surface area (Å²) >= 11 is 0. The van der Waals surface area contributed by atoms with Crippen molar-refractivity contribution in [3.63, 3.8) is 0 Å². The van der Waals surface area contributed by atoms with Gasteiger partial charge in [-0.15, -0.1) is 12.4 Å². The van der Waals surface area contributed by atoms with E-state index >= 15 is 0 Å². The standard InChI is InChI=1S/C8H17NO4S.ClH/c1-13-4-2-3-9-7-5-14(11,12)6-8(7)10;/h7-10H,2-6H2,1H3;1H. The molecule has 0 saturated carbocycles. The molecule has 1 aliphatic heterocycles. The Morgan fingerprint density at radius 1 is 1.47 bits per heavy atom. The third-order valence-corrected chi connectivity index (χ3v) is 3.97. The fourth-order valence-electron chi connectivity index (χ4n) is 1.53. The van der Waals surface area contributed by atoms with Crippen molar-refractivity contribution < 1.29 is 18.3 Å². The molecule has 1 saturated heterocycles. The molecular formula is C8H18ClNO4S. The summed E-state index contributed by atoms with van der Waals surface area (Å²) in [6.45, 7) is 1.31. The molecule has 0 aromatic carbocycles. The highest BCUT2D eigenvalue weighted by Crippen LogP contribution is 2.12. The molecule has 1 aliphatic rings. The third-order valence-electron chi connectivity index (χ3n) is 2.25. The lowest BCUT2D eigenvalue weighted by Crippen LogP contribution is -2.39. The minimum Gasteiger partial charge on any atom is -0.390 e. The van der Waals surface area contributed by atoms with Crippen LogP contribution in [0.2, 0.25) is 0 Å². The second-order valence-corrected chi connectivity index (χ2v) is 5.71. The Morgan fingerprint density at radius 2 is 2.13 bits per heavy atom. The van der Waals surface area contributed by atoms with E-state index in [1.807, 2.05) is 0 Å². The fourth-order valence-corrected chi connectivity index (χ4v) is 3.30. The average Bonchev–Trinajstić information content (AvgIpc) is 2.34. The molecule has 0 aromatic rings. The first-order valence-corrected chi connectivity index (χ1v) is 6.48. The minimum absolute atomic E-state index is 0. The second kappa shape index (κ2) is 6.65. The first-order chi connectivity index (χ1) is 6.55. The number of nitrogens with one attached hydrogen (secondary N) is 1. The van der Waals surface area contributed by atoms with E-state index in [4.69, 9.17) is 4.74 Å². The van der Waals surface area contributed by atoms with Crippen molar-refractivity contribution in [1.82, 2.24) is 5.32 Å². The molecule has 0 aliphatic carbocycles. The zero-order valence-corrected chi connectivity index (χ0v) is 10.3. The average molecular weight is 260 g/mol. The molecule has 1 rings (SSSR count). The summed E-state index contributed by atoms with van der Waals surface area (Å²) in [7, 11) is -1.41. The van der Waals surface area contributed by atoms with Gasteiger partial charge >= 0.3 is 0 Å².